The number of hydrogen-bond donors (Lipinski definition) is 1. The second kappa shape index (κ2) is 5.90. The van der Waals surface area contributed by atoms with Crippen LogP contribution in [0.4, 0.5) is 4.79 Å². The first-order chi connectivity index (χ1) is 9.87. The minimum Gasteiger partial charge on any atom is -0.444 e. The molecule has 0 radical (unpaired) electrons. The minimum atomic E-state index is -0.552. The molecule has 1 amide bonds. The van der Waals surface area contributed by atoms with Crippen LogP contribution in [-0.2, 0) is 11.3 Å². The lowest BCUT2D eigenvalue weighted by molar-refractivity contribution is 0.0525. The zero-order valence-corrected chi connectivity index (χ0v) is 12.3. The Bertz CT molecular complexity index is 703. The molecule has 0 saturated heterocycles. The van der Waals surface area contributed by atoms with Crippen LogP contribution in [-0.4, -0.2) is 33.2 Å². The van der Waals surface area contributed by atoms with Gasteiger partial charge in [0.25, 0.3) is 5.56 Å². The van der Waals surface area contributed by atoms with Crippen LogP contribution in [0, 0.1) is 0 Å². The molecule has 0 fully saturated rings. The van der Waals surface area contributed by atoms with E-state index in [0.29, 0.717) is 10.9 Å². The van der Waals surface area contributed by atoms with Gasteiger partial charge in [-0.1, -0.05) is 17.3 Å². The van der Waals surface area contributed by atoms with E-state index >= 15 is 0 Å². The molecule has 1 aromatic carbocycles. The molecule has 7 nitrogen and oxygen atoms in total. The van der Waals surface area contributed by atoms with E-state index in [1.54, 1.807) is 45.0 Å². The first kappa shape index (κ1) is 15.0. The van der Waals surface area contributed by atoms with E-state index in [0.717, 1.165) is 0 Å². The van der Waals surface area contributed by atoms with Gasteiger partial charge in [-0.2, -0.15) is 0 Å². The fraction of sp³-hybridized carbons (Fsp3) is 0.429. The van der Waals surface area contributed by atoms with Crippen LogP contribution < -0.4 is 10.9 Å². The quantitative estimate of drug-likeness (QED) is 0.921. The van der Waals surface area contributed by atoms with Gasteiger partial charge in [-0.3, -0.25) is 4.79 Å². The SMILES string of the molecule is CC(C)(C)OC(=O)NCCn1nnc2ccccc2c1=O. The summed E-state index contributed by atoms with van der Waals surface area (Å²) in [6.07, 6.45) is -0.524. The van der Waals surface area contributed by atoms with Gasteiger partial charge < -0.3 is 10.1 Å². The summed E-state index contributed by atoms with van der Waals surface area (Å²) in [5.74, 6) is 0. The van der Waals surface area contributed by atoms with Gasteiger partial charge in [-0.25, -0.2) is 9.48 Å². The second-order valence-corrected chi connectivity index (χ2v) is 5.56. The zero-order valence-electron chi connectivity index (χ0n) is 12.3. The number of rotatable bonds is 3. The highest BCUT2D eigenvalue weighted by Gasteiger charge is 2.15. The Morgan fingerprint density at radius 3 is 2.76 bits per heavy atom. The van der Waals surface area contributed by atoms with Gasteiger partial charge in [-0.05, 0) is 32.9 Å². The van der Waals surface area contributed by atoms with Crippen LogP contribution in [0.1, 0.15) is 20.8 Å². The molecule has 0 spiro atoms. The summed E-state index contributed by atoms with van der Waals surface area (Å²) >= 11 is 0. The fourth-order valence-electron chi connectivity index (χ4n) is 1.75. The van der Waals surface area contributed by atoms with Crippen LogP contribution in [0.2, 0.25) is 0 Å². The predicted molar refractivity (Wildman–Crippen MR) is 78.0 cm³/mol. The molecular formula is C14H18N4O3. The Hall–Kier alpha value is -2.44. The Kier molecular flexibility index (Phi) is 4.21. The van der Waals surface area contributed by atoms with E-state index in [1.807, 2.05) is 0 Å². The molecule has 1 N–H and O–H groups in total. The molecule has 2 rings (SSSR count). The summed E-state index contributed by atoms with van der Waals surface area (Å²) in [6.45, 7) is 5.82. The molecule has 2 aromatic rings. The summed E-state index contributed by atoms with van der Waals surface area (Å²) in [7, 11) is 0. The van der Waals surface area contributed by atoms with Crippen molar-refractivity contribution >= 4 is 17.0 Å². The summed E-state index contributed by atoms with van der Waals surface area (Å²) < 4.78 is 6.32. The third-order valence-corrected chi connectivity index (χ3v) is 2.62. The molecule has 0 aliphatic heterocycles. The van der Waals surface area contributed by atoms with Gasteiger partial charge in [0.15, 0.2) is 0 Å². The van der Waals surface area contributed by atoms with Crippen LogP contribution in [0.3, 0.4) is 0 Å². The Morgan fingerprint density at radius 1 is 1.33 bits per heavy atom. The van der Waals surface area contributed by atoms with Crippen LogP contribution in [0.15, 0.2) is 29.1 Å². The van der Waals surface area contributed by atoms with Crippen molar-refractivity contribution in [3.05, 3.63) is 34.6 Å². The summed E-state index contributed by atoms with van der Waals surface area (Å²) in [5, 5.41) is 10.9. The smallest absolute Gasteiger partial charge is 0.407 e. The number of fused-ring (bicyclic) bond motifs is 1. The highest BCUT2D eigenvalue weighted by Crippen LogP contribution is 2.06. The van der Waals surface area contributed by atoms with Gasteiger partial charge >= 0.3 is 6.09 Å². The van der Waals surface area contributed by atoms with Gasteiger partial charge in [-0.15, -0.1) is 5.10 Å². The third-order valence-electron chi connectivity index (χ3n) is 2.62. The van der Waals surface area contributed by atoms with Crippen molar-refractivity contribution in [3.8, 4) is 0 Å². The average molecular weight is 290 g/mol. The van der Waals surface area contributed by atoms with Crippen molar-refractivity contribution in [3.63, 3.8) is 0 Å². The highest BCUT2D eigenvalue weighted by atomic mass is 16.6. The number of hydrogen-bond acceptors (Lipinski definition) is 5. The number of aromatic nitrogens is 3. The van der Waals surface area contributed by atoms with Crippen molar-refractivity contribution < 1.29 is 9.53 Å². The third kappa shape index (κ3) is 4.01. The van der Waals surface area contributed by atoms with E-state index in [-0.39, 0.29) is 18.6 Å². The van der Waals surface area contributed by atoms with E-state index in [1.165, 1.54) is 4.68 Å². The second-order valence-electron chi connectivity index (χ2n) is 5.56. The van der Waals surface area contributed by atoms with Crippen molar-refractivity contribution in [2.75, 3.05) is 6.54 Å². The normalized spacial score (nSPS) is 11.4. The standard InChI is InChI=1S/C14H18N4O3/c1-14(2,3)21-13(20)15-8-9-18-12(19)10-6-4-5-7-11(10)16-17-18/h4-7H,8-9H2,1-3H3,(H,15,20). The maximum atomic E-state index is 12.1. The topological polar surface area (TPSA) is 86.1 Å². The maximum Gasteiger partial charge on any atom is 0.407 e. The van der Waals surface area contributed by atoms with E-state index in [9.17, 15) is 9.59 Å². The molecule has 21 heavy (non-hydrogen) atoms. The molecule has 0 unspecified atom stereocenters. The molecule has 1 aromatic heterocycles. The molecule has 0 aliphatic rings. The summed E-state index contributed by atoms with van der Waals surface area (Å²) in [5.41, 5.74) is -0.227. The number of carbonyl (C=O) groups is 1. The van der Waals surface area contributed by atoms with Crippen LogP contribution in [0.5, 0.6) is 0 Å². The van der Waals surface area contributed by atoms with Gasteiger partial charge in [0.05, 0.1) is 11.9 Å². The lowest BCUT2D eigenvalue weighted by Gasteiger charge is -2.19. The van der Waals surface area contributed by atoms with Crippen LogP contribution in [0.25, 0.3) is 10.9 Å². The van der Waals surface area contributed by atoms with Gasteiger partial charge in [0, 0.05) is 6.54 Å². The highest BCUT2D eigenvalue weighted by molar-refractivity contribution is 5.76. The maximum absolute atomic E-state index is 12.1. The molecule has 1 heterocycles. The lowest BCUT2D eigenvalue weighted by atomic mass is 10.2. The number of alkyl carbamates (subject to hydrolysis) is 1. The van der Waals surface area contributed by atoms with Crippen molar-refractivity contribution in [1.29, 1.82) is 0 Å². The summed E-state index contributed by atoms with van der Waals surface area (Å²) in [6, 6.07) is 7.00. The number of nitrogens with zero attached hydrogens (tertiary/aromatic N) is 3. The number of amides is 1. The van der Waals surface area contributed by atoms with Crippen molar-refractivity contribution in [2.45, 2.75) is 32.9 Å². The number of carbonyl (C=O) groups excluding carboxylic acids is 1. The number of ether oxygens (including phenoxy) is 1. The van der Waals surface area contributed by atoms with E-state index < -0.39 is 11.7 Å². The van der Waals surface area contributed by atoms with Crippen molar-refractivity contribution in [1.82, 2.24) is 20.3 Å². The molecule has 0 saturated carbocycles. The first-order valence-electron chi connectivity index (χ1n) is 6.66. The van der Waals surface area contributed by atoms with Crippen molar-refractivity contribution in [2.24, 2.45) is 0 Å². The monoisotopic (exact) mass is 290 g/mol. The molecule has 112 valence electrons. The van der Waals surface area contributed by atoms with E-state index in [2.05, 4.69) is 15.6 Å². The average Bonchev–Trinajstić information content (AvgIpc) is 2.40. The fourth-order valence-corrected chi connectivity index (χ4v) is 1.75. The zero-order chi connectivity index (χ0) is 15.5. The number of nitrogens with one attached hydrogen (secondary N) is 1. The minimum absolute atomic E-state index is 0.230. The predicted octanol–water partition coefficient (Wildman–Crippen LogP) is 1.32. The molecular weight excluding hydrogens is 272 g/mol. The largest absolute Gasteiger partial charge is 0.444 e. The number of benzene rings is 1. The molecule has 0 atom stereocenters. The Balaban J connectivity index is 2.00. The Labute approximate surface area is 121 Å². The lowest BCUT2D eigenvalue weighted by Crippen LogP contribution is -2.36. The van der Waals surface area contributed by atoms with Gasteiger partial charge in [0.1, 0.15) is 11.1 Å². The first-order valence-corrected chi connectivity index (χ1v) is 6.66. The van der Waals surface area contributed by atoms with Gasteiger partial charge in [0.2, 0.25) is 0 Å². The van der Waals surface area contributed by atoms with Crippen LogP contribution >= 0.6 is 0 Å². The molecule has 7 heteroatoms. The Morgan fingerprint density at radius 2 is 2.05 bits per heavy atom. The van der Waals surface area contributed by atoms with E-state index in [4.69, 9.17) is 4.74 Å². The molecule has 0 bridgehead atoms. The molecule has 0 aliphatic carbocycles. The summed E-state index contributed by atoms with van der Waals surface area (Å²) in [4.78, 5) is 23.6.